The average Bonchev–Trinajstić information content (AvgIpc) is 2.74. The van der Waals surface area contributed by atoms with Crippen molar-refractivity contribution in [2.75, 3.05) is 0 Å². The van der Waals surface area contributed by atoms with Crippen LogP contribution in [0.2, 0.25) is 0 Å². The molecule has 0 aliphatic heterocycles. The van der Waals surface area contributed by atoms with E-state index in [1.54, 1.807) is 0 Å². The molecule has 2 rings (SSSR count). The van der Waals surface area contributed by atoms with Gasteiger partial charge in [-0.1, -0.05) is 22.9 Å². The van der Waals surface area contributed by atoms with Crippen LogP contribution in [0.4, 0.5) is 0 Å². The highest BCUT2D eigenvalue weighted by molar-refractivity contribution is 5.41. The minimum absolute atomic E-state index is 0.0869. The monoisotopic (exact) mass is 258 g/mol. The van der Waals surface area contributed by atoms with Gasteiger partial charge < -0.3 is 5.32 Å². The molecule has 0 aliphatic rings. The van der Waals surface area contributed by atoms with Gasteiger partial charge in [0.2, 0.25) is 0 Å². The minimum Gasteiger partial charge on any atom is -0.306 e. The first-order valence-electron chi connectivity index (χ1n) is 6.59. The molecule has 0 amide bonds. The van der Waals surface area contributed by atoms with Crippen molar-refractivity contribution in [2.45, 2.75) is 46.7 Å². The van der Waals surface area contributed by atoms with E-state index < -0.39 is 0 Å². The molecule has 0 atom stereocenters. The van der Waals surface area contributed by atoms with Crippen molar-refractivity contribution >= 4 is 0 Å². The van der Waals surface area contributed by atoms with Crippen molar-refractivity contribution in [3.05, 3.63) is 41.2 Å². The van der Waals surface area contributed by atoms with Gasteiger partial charge in [0, 0.05) is 12.1 Å². The third kappa shape index (κ3) is 3.64. The van der Waals surface area contributed by atoms with E-state index in [0.29, 0.717) is 0 Å². The van der Waals surface area contributed by atoms with Gasteiger partial charge in [0.15, 0.2) is 0 Å². The molecule has 1 heterocycles. The Balaban J connectivity index is 2.16. The van der Waals surface area contributed by atoms with Gasteiger partial charge in [-0.15, -0.1) is 5.10 Å². The van der Waals surface area contributed by atoms with Gasteiger partial charge in [-0.05, 0) is 46.2 Å². The molecular formula is C15H22N4. The smallest absolute Gasteiger partial charge is 0.0969 e. The first-order valence-corrected chi connectivity index (χ1v) is 6.59. The number of nitrogens with zero attached hydrogens (tertiary/aromatic N) is 3. The lowest BCUT2D eigenvalue weighted by Gasteiger charge is -2.19. The Labute approximate surface area is 114 Å². The van der Waals surface area contributed by atoms with E-state index in [1.165, 1.54) is 11.1 Å². The zero-order chi connectivity index (χ0) is 14.0. The SMILES string of the molecule is Cc1ccc(-n2cc(CNC(C)(C)C)nn2)c(C)c1. The Hall–Kier alpha value is -1.68. The molecule has 1 N–H and O–H groups in total. The normalized spacial score (nSPS) is 11.8. The number of rotatable bonds is 3. The zero-order valence-electron chi connectivity index (χ0n) is 12.4. The molecule has 0 aliphatic carbocycles. The lowest BCUT2D eigenvalue weighted by Crippen LogP contribution is -2.35. The summed E-state index contributed by atoms with van der Waals surface area (Å²) in [5.41, 5.74) is 4.59. The Morgan fingerprint density at radius 2 is 1.95 bits per heavy atom. The highest BCUT2D eigenvalue weighted by Gasteiger charge is 2.11. The number of benzene rings is 1. The lowest BCUT2D eigenvalue weighted by atomic mass is 10.1. The Kier molecular flexibility index (Phi) is 3.71. The second-order valence-electron chi connectivity index (χ2n) is 6.05. The van der Waals surface area contributed by atoms with Crippen LogP contribution in [0.15, 0.2) is 24.4 Å². The van der Waals surface area contributed by atoms with Crippen LogP contribution < -0.4 is 5.32 Å². The third-order valence-electron chi connectivity index (χ3n) is 2.94. The summed E-state index contributed by atoms with van der Waals surface area (Å²) in [5.74, 6) is 0. The quantitative estimate of drug-likeness (QED) is 0.920. The highest BCUT2D eigenvalue weighted by atomic mass is 15.4. The summed E-state index contributed by atoms with van der Waals surface area (Å²) >= 11 is 0. The molecule has 4 heteroatoms. The summed E-state index contributed by atoms with van der Waals surface area (Å²) in [6.45, 7) is 11.3. The summed E-state index contributed by atoms with van der Waals surface area (Å²) in [6, 6.07) is 6.33. The van der Waals surface area contributed by atoms with E-state index >= 15 is 0 Å². The summed E-state index contributed by atoms with van der Waals surface area (Å²) in [4.78, 5) is 0. The maximum atomic E-state index is 4.21. The van der Waals surface area contributed by atoms with Crippen LogP contribution >= 0.6 is 0 Å². The maximum Gasteiger partial charge on any atom is 0.0969 e. The van der Waals surface area contributed by atoms with Crippen molar-refractivity contribution in [1.29, 1.82) is 0 Å². The molecule has 0 unspecified atom stereocenters. The lowest BCUT2D eigenvalue weighted by molar-refractivity contribution is 0.421. The van der Waals surface area contributed by atoms with Gasteiger partial charge in [-0.3, -0.25) is 0 Å². The van der Waals surface area contributed by atoms with Crippen molar-refractivity contribution < 1.29 is 0 Å². The van der Waals surface area contributed by atoms with Gasteiger partial charge in [0.1, 0.15) is 0 Å². The molecule has 4 nitrogen and oxygen atoms in total. The molecule has 1 aromatic carbocycles. The number of hydrogen-bond acceptors (Lipinski definition) is 3. The fraction of sp³-hybridized carbons (Fsp3) is 0.467. The predicted molar refractivity (Wildman–Crippen MR) is 77.4 cm³/mol. The Morgan fingerprint density at radius 3 is 2.58 bits per heavy atom. The van der Waals surface area contributed by atoms with Crippen LogP contribution in [0, 0.1) is 13.8 Å². The number of nitrogens with one attached hydrogen (secondary N) is 1. The third-order valence-corrected chi connectivity index (χ3v) is 2.94. The van der Waals surface area contributed by atoms with Crippen molar-refractivity contribution in [2.24, 2.45) is 0 Å². The predicted octanol–water partition coefficient (Wildman–Crippen LogP) is 2.77. The van der Waals surface area contributed by atoms with E-state index in [4.69, 9.17) is 0 Å². The van der Waals surface area contributed by atoms with Crippen molar-refractivity contribution in [3.63, 3.8) is 0 Å². The molecule has 0 saturated heterocycles. The first-order chi connectivity index (χ1) is 8.85. The van der Waals surface area contributed by atoms with Crippen LogP contribution in [0.3, 0.4) is 0 Å². The molecule has 0 fully saturated rings. The standard InChI is InChI=1S/C15H22N4/c1-11-6-7-14(12(2)8-11)19-10-13(17-18-19)9-16-15(3,4)5/h6-8,10,16H,9H2,1-5H3. The minimum atomic E-state index is 0.0869. The van der Waals surface area contributed by atoms with Crippen LogP contribution in [-0.2, 0) is 6.54 Å². The zero-order valence-corrected chi connectivity index (χ0v) is 12.4. The van der Waals surface area contributed by atoms with Crippen LogP contribution in [-0.4, -0.2) is 20.5 Å². The van der Waals surface area contributed by atoms with Gasteiger partial charge in [-0.25, -0.2) is 4.68 Å². The first kappa shape index (κ1) is 13.7. The molecule has 0 radical (unpaired) electrons. The van der Waals surface area contributed by atoms with E-state index in [2.05, 4.69) is 68.4 Å². The molecule has 0 spiro atoms. The summed E-state index contributed by atoms with van der Waals surface area (Å²) in [7, 11) is 0. The fourth-order valence-electron chi connectivity index (χ4n) is 1.92. The van der Waals surface area contributed by atoms with Crippen molar-refractivity contribution in [1.82, 2.24) is 20.3 Å². The van der Waals surface area contributed by atoms with E-state index in [1.807, 2.05) is 10.9 Å². The summed E-state index contributed by atoms with van der Waals surface area (Å²) < 4.78 is 1.84. The molecule has 1 aromatic heterocycles. The van der Waals surface area contributed by atoms with Gasteiger partial charge in [0.25, 0.3) is 0 Å². The highest BCUT2D eigenvalue weighted by Crippen LogP contribution is 2.14. The molecule has 102 valence electrons. The number of aromatic nitrogens is 3. The molecule has 19 heavy (non-hydrogen) atoms. The maximum absolute atomic E-state index is 4.21. The Morgan fingerprint density at radius 1 is 1.21 bits per heavy atom. The van der Waals surface area contributed by atoms with Crippen LogP contribution in [0.1, 0.15) is 37.6 Å². The molecule has 0 saturated carbocycles. The van der Waals surface area contributed by atoms with Crippen molar-refractivity contribution in [3.8, 4) is 5.69 Å². The number of aryl methyl sites for hydroxylation is 2. The van der Waals surface area contributed by atoms with E-state index in [0.717, 1.165) is 17.9 Å². The van der Waals surface area contributed by atoms with Gasteiger partial charge in [-0.2, -0.15) is 0 Å². The van der Waals surface area contributed by atoms with Gasteiger partial charge >= 0.3 is 0 Å². The van der Waals surface area contributed by atoms with E-state index in [9.17, 15) is 0 Å². The second-order valence-corrected chi connectivity index (χ2v) is 6.05. The molecular weight excluding hydrogens is 236 g/mol. The average molecular weight is 258 g/mol. The van der Waals surface area contributed by atoms with E-state index in [-0.39, 0.29) is 5.54 Å². The van der Waals surface area contributed by atoms with Crippen LogP contribution in [0.5, 0.6) is 0 Å². The Bertz CT molecular complexity index is 564. The fourth-order valence-corrected chi connectivity index (χ4v) is 1.92. The summed E-state index contributed by atoms with van der Waals surface area (Å²) in [5, 5.41) is 11.8. The van der Waals surface area contributed by atoms with Gasteiger partial charge in [0.05, 0.1) is 17.6 Å². The van der Waals surface area contributed by atoms with Crippen LogP contribution in [0.25, 0.3) is 5.69 Å². The molecule has 0 bridgehead atoms. The molecule has 2 aromatic rings. The largest absolute Gasteiger partial charge is 0.306 e. The topological polar surface area (TPSA) is 42.7 Å². The summed E-state index contributed by atoms with van der Waals surface area (Å²) in [6.07, 6.45) is 1.98. The second kappa shape index (κ2) is 5.13. The number of hydrogen-bond donors (Lipinski definition) is 1.